The van der Waals surface area contributed by atoms with Crippen LogP contribution in [0, 0.1) is 5.82 Å². The highest BCUT2D eigenvalue weighted by Crippen LogP contribution is 2.32. The van der Waals surface area contributed by atoms with E-state index in [4.69, 9.17) is 27.9 Å². The van der Waals surface area contributed by atoms with E-state index in [0.29, 0.717) is 21.4 Å². The van der Waals surface area contributed by atoms with Gasteiger partial charge in [0.1, 0.15) is 17.7 Å². The Morgan fingerprint density at radius 1 is 1.11 bits per heavy atom. The lowest BCUT2D eigenvalue weighted by atomic mass is 10.0. The van der Waals surface area contributed by atoms with Crippen molar-refractivity contribution >= 4 is 23.2 Å². The van der Waals surface area contributed by atoms with E-state index < -0.39 is 11.9 Å². The van der Waals surface area contributed by atoms with Gasteiger partial charge in [-0.15, -0.1) is 0 Å². The van der Waals surface area contributed by atoms with Gasteiger partial charge >= 0.3 is 0 Å². The summed E-state index contributed by atoms with van der Waals surface area (Å²) in [6.45, 7) is 0. The van der Waals surface area contributed by atoms with Crippen molar-refractivity contribution in [1.29, 1.82) is 0 Å². The molecule has 0 aliphatic rings. The third-order valence-corrected chi connectivity index (χ3v) is 3.33. The van der Waals surface area contributed by atoms with Crippen molar-refractivity contribution in [3.05, 3.63) is 63.4 Å². The van der Waals surface area contributed by atoms with Gasteiger partial charge in [-0.2, -0.15) is 0 Å². The Morgan fingerprint density at radius 2 is 1.84 bits per heavy atom. The molecule has 5 heteroatoms. The van der Waals surface area contributed by atoms with Gasteiger partial charge in [-0.25, -0.2) is 4.39 Å². The normalized spacial score (nSPS) is 12.3. The molecular formula is C14H11Cl2FO2. The molecule has 0 aliphatic carbocycles. The molecule has 2 aromatic carbocycles. The quantitative estimate of drug-likeness (QED) is 0.919. The fraction of sp³-hybridized carbons (Fsp3) is 0.143. The van der Waals surface area contributed by atoms with E-state index in [1.54, 1.807) is 18.2 Å². The van der Waals surface area contributed by atoms with E-state index in [0.717, 1.165) is 0 Å². The summed E-state index contributed by atoms with van der Waals surface area (Å²) in [5.74, 6) is -0.187. The highest BCUT2D eigenvalue weighted by Gasteiger charge is 2.18. The van der Waals surface area contributed by atoms with Crippen LogP contribution in [0.3, 0.4) is 0 Å². The fourth-order valence-electron chi connectivity index (χ4n) is 1.75. The van der Waals surface area contributed by atoms with Crippen molar-refractivity contribution in [2.75, 3.05) is 7.11 Å². The first-order valence-electron chi connectivity index (χ1n) is 5.49. The highest BCUT2D eigenvalue weighted by molar-refractivity contribution is 6.33. The minimum Gasteiger partial charge on any atom is -0.497 e. The zero-order valence-corrected chi connectivity index (χ0v) is 11.5. The molecule has 0 spiro atoms. The molecule has 0 radical (unpaired) electrons. The average molecular weight is 301 g/mol. The molecule has 0 aromatic heterocycles. The van der Waals surface area contributed by atoms with Gasteiger partial charge in [-0.3, -0.25) is 0 Å². The maximum absolute atomic E-state index is 13.9. The maximum Gasteiger partial charge on any atom is 0.133 e. The van der Waals surface area contributed by atoms with Crippen LogP contribution < -0.4 is 4.74 Å². The molecule has 2 nitrogen and oxygen atoms in total. The van der Waals surface area contributed by atoms with E-state index in [9.17, 15) is 9.50 Å². The van der Waals surface area contributed by atoms with Crippen LogP contribution in [0.25, 0.3) is 0 Å². The number of aliphatic hydroxyl groups excluding tert-OH is 1. The summed E-state index contributed by atoms with van der Waals surface area (Å²) in [5.41, 5.74) is 0.475. The summed E-state index contributed by atoms with van der Waals surface area (Å²) < 4.78 is 18.8. The Bertz CT molecular complexity index is 602. The summed E-state index contributed by atoms with van der Waals surface area (Å²) in [5, 5.41) is 11.0. The van der Waals surface area contributed by atoms with Crippen LogP contribution in [0.4, 0.5) is 4.39 Å². The topological polar surface area (TPSA) is 29.5 Å². The molecular weight excluding hydrogens is 290 g/mol. The van der Waals surface area contributed by atoms with Gasteiger partial charge in [0.15, 0.2) is 0 Å². The molecule has 0 amide bonds. The lowest BCUT2D eigenvalue weighted by molar-refractivity contribution is 0.215. The molecule has 0 aliphatic heterocycles. The van der Waals surface area contributed by atoms with E-state index >= 15 is 0 Å². The van der Waals surface area contributed by atoms with Crippen LogP contribution in [-0.2, 0) is 0 Å². The first kappa shape index (κ1) is 14.1. The zero-order valence-electron chi connectivity index (χ0n) is 10.0. The summed E-state index contributed by atoms with van der Waals surface area (Å²) >= 11 is 11.8. The number of aliphatic hydroxyl groups is 1. The van der Waals surface area contributed by atoms with Crippen molar-refractivity contribution in [3.8, 4) is 5.75 Å². The largest absolute Gasteiger partial charge is 0.497 e. The molecule has 1 N–H and O–H groups in total. The Hall–Kier alpha value is -1.29. The van der Waals surface area contributed by atoms with E-state index in [2.05, 4.69) is 0 Å². The lowest BCUT2D eigenvalue weighted by Gasteiger charge is -2.15. The second kappa shape index (κ2) is 5.78. The molecule has 1 atom stereocenters. The predicted molar refractivity (Wildman–Crippen MR) is 73.5 cm³/mol. The number of ether oxygens (including phenoxy) is 1. The third kappa shape index (κ3) is 3.00. The van der Waals surface area contributed by atoms with E-state index in [1.807, 2.05) is 0 Å². The Balaban J connectivity index is 2.43. The van der Waals surface area contributed by atoms with Crippen molar-refractivity contribution in [2.24, 2.45) is 0 Å². The molecule has 0 heterocycles. The predicted octanol–water partition coefficient (Wildman–Crippen LogP) is 4.22. The van der Waals surface area contributed by atoms with Crippen LogP contribution in [-0.4, -0.2) is 12.2 Å². The van der Waals surface area contributed by atoms with Crippen LogP contribution in [0.15, 0.2) is 36.4 Å². The van der Waals surface area contributed by atoms with Gasteiger partial charge < -0.3 is 9.84 Å². The molecule has 19 heavy (non-hydrogen) atoms. The number of halogens is 3. The van der Waals surface area contributed by atoms with Crippen molar-refractivity contribution in [3.63, 3.8) is 0 Å². The monoisotopic (exact) mass is 300 g/mol. The Labute approximate surface area is 120 Å². The number of methoxy groups -OCH3 is 1. The van der Waals surface area contributed by atoms with Crippen LogP contribution in [0.5, 0.6) is 5.75 Å². The molecule has 2 aromatic rings. The van der Waals surface area contributed by atoms with E-state index in [1.165, 1.54) is 25.3 Å². The second-order valence-corrected chi connectivity index (χ2v) is 4.80. The Morgan fingerprint density at radius 3 is 2.47 bits per heavy atom. The molecule has 0 saturated carbocycles. The van der Waals surface area contributed by atoms with Crippen LogP contribution in [0.1, 0.15) is 17.2 Å². The van der Waals surface area contributed by atoms with Crippen molar-refractivity contribution < 1.29 is 14.2 Å². The molecule has 2 rings (SSSR count). The van der Waals surface area contributed by atoms with Gasteiger partial charge in [0, 0.05) is 27.2 Å². The first-order chi connectivity index (χ1) is 9.02. The maximum atomic E-state index is 13.9. The van der Waals surface area contributed by atoms with Crippen LogP contribution in [0.2, 0.25) is 10.0 Å². The van der Waals surface area contributed by atoms with Gasteiger partial charge in [0.2, 0.25) is 0 Å². The molecule has 1 unspecified atom stereocenters. The number of hydrogen-bond acceptors (Lipinski definition) is 2. The van der Waals surface area contributed by atoms with Gasteiger partial charge in [0.25, 0.3) is 0 Å². The standard InChI is InChI=1S/C14H11Cl2FO2/c1-19-9-3-4-10(13(17)7-9)14(18)11-6-8(15)2-5-12(11)16/h2-7,14,18H,1H3. The van der Waals surface area contributed by atoms with Crippen LogP contribution >= 0.6 is 23.2 Å². The van der Waals surface area contributed by atoms with Gasteiger partial charge in [-0.05, 0) is 30.3 Å². The number of benzene rings is 2. The van der Waals surface area contributed by atoms with Crippen molar-refractivity contribution in [1.82, 2.24) is 0 Å². The number of rotatable bonds is 3. The summed E-state index contributed by atoms with van der Waals surface area (Å²) in [6.07, 6.45) is -1.18. The summed E-state index contributed by atoms with van der Waals surface area (Å²) in [6, 6.07) is 8.90. The smallest absolute Gasteiger partial charge is 0.133 e. The first-order valence-corrected chi connectivity index (χ1v) is 6.25. The fourth-order valence-corrected chi connectivity index (χ4v) is 2.15. The molecule has 100 valence electrons. The molecule has 0 saturated heterocycles. The second-order valence-electron chi connectivity index (χ2n) is 3.96. The number of hydrogen-bond donors (Lipinski definition) is 1. The lowest BCUT2D eigenvalue weighted by Crippen LogP contribution is -2.03. The minimum atomic E-state index is -1.18. The van der Waals surface area contributed by atoms with Gasteiger partial charge in [0.05, 0.1) is 7.11 Å². The Kier molecular flexibility index (Phi) is 4.30. The van der Waals surface area contributed by atoms with Gasteiger partial charge in [-0.1, -0.05) is 23.2 Å². The zero-order chi connectivity index (χ0) is 14.0. The minimum absolute atomic E-state index is 0.116. The highest BCUT2D eigenvalue weighted by atomic mass is 35.5. The summed E-state index contributed by atoms with van der Waals surface area (Å²) in [4.78, 5) is 0. The SMILES string of the molecule is COc1ccc(C(O)c2cc(Cl)ccc2Cl)c(F)c1. The average Bonchev–Trinajstić information content (AvgIpc) is 2.40. The van der Waals surface area contributed by atoms with E-state index in [-0.39, 0.29) is 5.56 Å². The third-order valence-electron chi connectivity index (χ3n) is 2.75. The summed E-state index contributed by atoms with van der Waals surface area (Å²) in [7, 11) is 1.44. The molecule has 0 bridgehead atoms. The van der Waals surface area contributed by atoms with Crippen molar-refractivity contribution in [2.45, 2.75) is 6.10 Å². The molecule has 0 fully saturated rings.